The molecular formula is C13H22N4O. The summed E-state index contributed by atoms with van der Waals surface area (Å²) in [4.78, 5) is 6.72. The van der Waals surface area contributed by atoms with Gasteiger partial charge < -0.3 is 9.84 Å². The fraction of sp³-hybridized carbons (Fsp3) is 0.846. The third-order valence-corrected chi connectivity index (χ3v) is 3.80. The van der Waals surface area contributed by atoms with Gasteiger partial charge in [0.15, 0.2) is 5.82 Å². The SMILES string of the molecule is Cc1noc(CN2CCCC(CNC3CC3)C2)n1. The van der Waals surface area contributed by atoms with Gasteiger partial charge in [-0.3, -0.25) is 4.90 Å². The number of nitrogens with zero attached hydrogens (tertiary/aromatic N) is 3. The summed E-state index contributed by atoms with van der Waals surface area (Å²) < 4.78 is 5.19. The highest BCUT2D eigenvalue weighted by atomic mass is 16.5. The van der Waals surface area contributed by atoms with Crippen LogP contribution in [0.15, 0.2) is 4.52 Å². The first-order chi connectivity index (χ1) is 8.79. The number of likely N-dealkylation sites (tertiary alicyclic amines) is 1. The molecule has 1 unspecified atom stereocenters. The van der Waals surface area contributed by atoms with Crippen LogP contribution in [0.25, 0.3) is 0 Å². The molecule has 0 aromatic carbocycles. The Labute approximate surface area is 108 Å². The summed E-state index contributed by atoms with van der Waals surface area (Å²) in [6.07, 6.45) is 5.37. The molecule has 1 aromatic heterocycles. The molecule has 0 bridgehead atoms. The van der Waals surface area contributed by atoms with Gasteiger partial charge >= 0.3 is 0 Å². The minimum atomic E-state index is 0.731. The van der Waals surface area contributed by atoms with Crippen molar-refractivity contribution in [2.75, 3.05) is 19.6 Å². The van der Waals surface area contributed by atoms with E-state index in [1.165, 1.54) is 32.2 Å². The second-order valence-corrected chi connectivity index (χ2v) is 5.66. The molecular weight excluding hydrogens is 228 g/mol. The molecule has 0 radical (unpaired) electrons. The Balaban J connectivity index is 1.46. The van der Waals surface area contributed by atoms with Crippen molar-refractivity contribution in [3.63, 3.8) is 0 Å². The first-order valence-corrected chi connectivity index (χ1v) is 7.04. The van der Waals surface area contributed by atoms with E-state index in [0.717, 1.165) is 43.3 Å². The molecule has 1 atom stereocenters. The molecule has 0 spiro atoms. The van der Waals surface area contributed by atoms with Crippen LogP contribution in [0.3, 0.4) is 0 Å². The van der Waals surface area contributed by atoms with Crippen LogP contribution < -0.4 is 5.32 Å². The minimum Gasteiger partial charge on any atom is -0.338 e. The molecule has 1 aliphatic heterocycles. The molecule has 1 saturated carbocycles. The van der Waals surface area contributed by atoms with Crippen LogP contribution in [0.2, 0.25) is 0 Å². The molecule has 1 aromatic rings. The van der Waals surface area contributed by atoms with Crippen molar-refractivity contribution >= 4 is 0 Å². The van der Waals surface area contributed by atoms with Crippen molar-refractivity contribution in [1.82, 2.24) is 20.4 Å². The van der Waals surface area contributed by atoms with Gasteiger partial charge in [0, 0.05) is 12.6 Å². The highest BCUT2D eigenvalue weighted by Crippen LogP contribution is 2.22. The van der Waals surface area contributed by atoms with Crippen LogP contribution in [0, 0.1) is 12.8 Å². The van der Waals surface area contributed by atoms with Crippen LogP contribution in [0.4, 0.5) is 0 Å². The zero-order chi connectivity index (χ0) is 12.4. The van der Waals surface area contributed by atoms with Gasteiger partial charge in [-0.2, -0.15) is 4.98 Å². The standard InChI is InChI=1S/C13H22N4O/c1-10-15-13(18-16-10)9-17-6-2-3-11(8-17)7-14-12-4-5-12/h11-12,14H,2-9H2,1H3. The molecule has 2 aliphatic rings. The zero-order valence-electron chi connectivity index (χ0n) is 11.1. The Morgan fingerprint density at radius 2 is 2.28 bits per heavy atom. The van der Waals surface area contributed by atoms with Crippen molar-refractivity contribution in [1.29, 1.82) is 0 Å². The van der Waals surface area contributed by atoms with E-state index in [0.29, 0.717) is 0 Å². The average molecular weight is 250 g/mol. The van der Waals surface area contributed by atoms with E-state index < -0.39 is 0 Å². The predicted molar refractivity (Wildman–Crippen MR) is 68.1 cm³/mol. The summed E-state index contributed by atoms with van der Waals surface area (Å²) in [5.41, 5.74) is 0. The second-order valence-electron chi connectivity index (χ2n) is 5.66. The Hall–Kier alpha value is -0.940. The summed E-state index contributed by atoms with van der Waals surface area (Å²) in [6.45, 7) is 6.15. The van der Waals surface area contributed by atoms with E-state index >= 15 is 0 Å². The number of aromatic nitrogens is 2. The third kappa shape index (κ3) is 3.29. The highest BCUT2D eigenvalue weighted by Gasteiger charge is 2.25. The van der Waals surface area contributed by atoms with Gasteiger partial charge in [-0.05, 0) is 51.6 Å². The monoisotopic (exact) mass is 250 g/mol. The van der Waals surface area contributed by atoms with Crippen molar-refractivity contribution in [2.24, 2.45) is 5.92 Å². The van der Waals surface area contributed by atoms with Crippen molar-refractivity contribution < 1.29 is 4.52 Å². The van der Waals surface area contributed by atoms with Crippen molar-refractivity contribution in [3.8, 4) is 0 Å². The lowest BCUT2D eigenvalue weighted by atomic mass is 9.98. The van der Waals surface area contributed by atoms with E-state index in [9.17, 15) is 0 Å². The number of piperidine rings is 1. The number of rotatable bonds is 5. The molecule has 0 amide bonds. The van der Waals surface area contributed by atoms with E-state index in [2.05, 4.69) is 20.4 Å². The smallest absolute Gasteiger partial charge is 0.240 e. The predicted octanol–water partition coefficient (Wildman–Crippen LogP) is 1.34. The Morgan fingerprint density at radius 3 is 3.00 bits per heavy atom. The lowest BCUT2D eigenvalue weighted by Crippen LogP contribution is -2.39. The van der Waals surface area contributed by atoms with Gasteiger partial charge in [-0.1, -0.05) is 5.16 Å². The molecule has 18 heavy (non-hydrogen) atoms. The van der Waals surface area contributed by atoms with Gasteiger partial charge in [-0.25, -0.2) is 0 Å². The van der Waals surface area contributed by atoms with E-state index in [1.54, 1.807) is 0 Å². The molecule has 5 heteroatoms. The summed E-state index contributed by atoms with van der Waals surface area (Å²) in [7, 11) is 0. The number of aryl methyl sites for hydroxylation is 1. The van der Waals surface area contributed by atoms with E-state index in [-0.39, 0.29) is 0 Å². The lowest BCUT2D eigenvalue weighted by molar-refractivity contribution is 0.148. The van der Waals surface area contributed by atoms with Gasteiger partial charge in [0.1, 0.15) is 0 Å². The van der Waals surface area contributed by atoms with Gasteiger partial charge in [0.25, 0.3) is 0 Å². The summed E-state index contributed by atoms with van der Waals surface area (Å²) in [5, 5.41) is 7.48. The van der Waals surface area contributed by atoms with Gasteiger partial charge in [0.05, 0.1) is 6.54 Å². The maximum Gasteiger partial charge on any atom is 0.240 e. The highest BCUT2D eigenvalue weighted by molar-refractivity contribution is 4.86. The Kier molecular flexibility index (Phi) is 3.61. The van der Waals surface area contributed by atoms with Crippen LogP contribution in [-0.4, -0.2) is 40.7 Å². The molecule has 2 fully saturated rings. The van der Waals surface area contributed by atoms with Crippen LogP contribution in [0.5, 0.6) is 0 Å². The number of nitrogens with one attached hydrogen (secondary N) is 1. The largest absolute Gasteiger partial charge is 0.338 e. The van der Waals surface area contributed by atoms with E-state index in [4.69, 9.17) is 4.52 Å². The quantitative estimate of drug-likeness (QED) is 0.854. The lowest BCUT2D eigenvalue weighted by Gasteiger charge is -2.31. The maximum atomic E-state index is 5.19. The molecule has 100 valence electrons. The maximum absolute atomic E-state index is 5.19. The zero-order valence-corrected chi connectivity index (χ0v) is 11.1. The molecule has 1 saturated heterocycles. The fourth-order valence-corrected chi connectivity index (χ4v) is 2.68. The van der Waals surface area contributed by atoms with Gasteiger partial charge in [0.2, 0.25) is 5.89 Å². The van der Waals surface area contributed by atoms with Gasteiger partial charge in [-0.15, -0.1) is 0 Å². The Morgan fingerprint density at radius 1 is 1.39 bits per heavy atom. The normalized spacial score (nSPS) is 25.5. The first kappa shape index (κ1) is 12.1. The summed E-state index contributed by atoms with van der Waals surface area (Å²) >= 11 is 0. The fourth-order valence-electron chi connectivity index (χ4n) is 2.68. The number of hydrogen-bond donors (Lipinski definition) is 1. The first-order valence-electron chi connectivity index (χ1n) is 7.04. The van der Waals surface area contributed by atoms with Crippen LogP contribution in [0.1, 0.15) is 37.4 Å². The molecule has 2 heterocycles. The summed E-state index contributed by atoms with van der Waals surface area (Å²) in [6, 6.07) is 0.818. The average Bonchev–Trinajstić information content (AvgIpc) is 3.11. The van der Waals surface area contributed by atoms with Crippen LogP contribution in [-0.2, 0) is 6.54 Å². The second kappa shape index (κ2) is 5.36. The van der Waals surface area contributed by atoms with Crippen LogP contribution >= 0.6 is 0 Å². The summed E-state index contributed by atoms with van der Waals surface area (Å²) in [5.74, 6) is 2.26. The topological polar surface area (TPSA) is 54.2 Å². The molecule has 3 rings (SSSR count). The van der Waals surface area contributed by atoms with Crippen molar-refractivity contribution in [3.05, 3.63) is 11.7 Å². The molecule has 1 aliphatic carbocycles. The van der Waals surface area contributed by atoms with E-state index in [1.807, 2.05) is 6.92 Å². The molecule has 1 N–H and O–H groups in total. The minimum absolute atomic E-state index is 0.731. The number of hydrogen-bond acceptors (Lipinski definition) is 5. The molecule has 5 nitrogen and oxygen atoms in total. The van der Waals surface area contributed by atoms with Crippen molar-refractivity contribution in [2.45, 2.75) is 45.2 Å². The third-order valence-electron chi connectivity index (χ3n) is 3.80. The Bertz CT molecular complexity index is 388.